The number of carbonyl (C=O) groups excluding carboxylic acids is 2. The minimum Gasteiger partial charge on any atom is -0.312 e. The van der Waals surface area contributed by atoms with Crippen LogP contribution in [-0.2, 0) is 11.3 Å². The third-order valence-corrected chi connectivity index (χ3v) is 4.90. The van der Waals surface area contributed by atoms with Crippen LogP contribution in [-0.4, -0.2) is 38.4 Å². The van der Waals surface area contributed by atoms with Crippen molar-refractivity contribution in [2.24, 2.45) is 0 Å². The van der Waals surface area contributed by atoms with Crippen molar-refractivity contribution in [2.75, 3.05) is 11.4 Å². The first kappa shape index (κ1) is 15.6. The lowest BCUT2D eigenvalue weighted by Crippen LogP contribution is -2.24. The molecule has 0 atom stereocenters. The lowest BCUT2D eigenvalue weighted by Gasteiger charge is -2.16. The molecule has 0 N–H and O–H groups in total. The Kier molecular flexibility index (Phi) is 4.10. The summed E-state index contributed by atoms with van der Waals surface area (Å²) >= 11 is 1.52. The second-order valence-corrected chi connectivity index (χ2v) is 6.69. The fraction of sp³-hybridized carbons (Fsp3) is 0.235. The normalized spacial score (nSPS) is 14.2. The summed E-state index contributed by atoms with van der Waals surface area (Å²) in [6, 6.07) is 11.0. The molecule has 1 fully saturated rings. The van der Waals surface area contributed by atoms with Gasteiger partial charge in [-0.2, -0.15) is 4.80 Å². The quantitative estimate of drug-likeness (QED) is 0.658. The van der Waals surface area contributed by atoms with E-state index in [9.17, 15) is 9.59 Å². The molecule has 1 amide bonds. The Morgan fingerprint density at radius 2 is 2.16 bits per heavy atom. The van der Waals surface area contributed by atoms with Crippen molar-refractivity contribution < 1.29 is 9.59 Å². The average Bonchev–Trinajstić information content (AvgIpc) is 3.36. The molecule has 8 heteroatoms. The van der Waals surface area contributed by atoms with Crippen LogP contribution in [0.3, 0.4) is 0 Å². The first-order valence-electron chi connectivity index (χ1n) is 7.96. The number of rotatable bonds is 5. The molecule has 1 aromatic carbocycles. The zero-order valence-corrected chi connectivity index (χ0v) is 14.1. The molecule has 0 saturated carbocycles. The number of Topliss-reactive ketones (excluding diaryl/α,β-unsaturated/α-hetero) is 1. The van der Waals surface area contributed by atoms with Crippen LogP contribution in [0.4, 0.5) is 5.69 Å². The number of hydrogen-bond donors (Lipinski definition) is 0. The molecule has 1 saturated heterocycles. The highest BCUT2D eigenvalue weighted by Crippen LogP contribution is 2.23. The minimum atomic E-state index is -0.122. The van der Waals surface area contributed by atoms with Gasteiger partial charge in [0.15, 0.2) is 5.78 Å². The molecule has 0 spiro atoms. The van der Waals surface area contributed by atoms with E-state index in [1.54, 1.807) is 23.1 Å². The summed E-state index contributed by atoms with van der Waals surface area (Å²) in [5.74, 6) is 0.492. The molecule has 4 rings (SSSR count). The van der Waals surface area contributed by atoms with Gasteiger partial charge in [0, 0.05) is 24.2 Å². The second kappa shape index (κ2) is 6.56. The van der Waals surface area contributed by atoms with E-state index in [-0.39, 0.29) is 18.2 Å². The molecule has 0 bridgehead atoms. The van der Waals surface area contributed by atoms with Crippen molar-refractivity contribution in [3.8, 4) is 10.7 Å². The van der Waals surface area contributed by atoms with Gasteiger partial charge in [-0.15, -0.1) is 21.5 Å². The highest BCUT2D eigenvalue weighted by atomic mass is 32.1. The molecule has 3 aromatic rings. The third-order valence-electron chi connectivity index (χ3n) is 4.03. The number of benzene rings is 1. The highest BCUT2D eigenvalue weighted by molar-refractivity contribution is 7.13. The van der Waals surface area contributed by atoms with Gasteiger partial charge in [0.2, 0.25) is 11.7 Å². The zero-order chi connectivity index (χ0) is 17.2. The topological polar surface area (TPSA) is 81.0 Å². The first-order valence-corrected chi connectivity index (χ1v) is 8.84. The van der Waals surface area contributed by atoms with Gasteiger partial charge in [-0.1, -0.05) is 18.2 Å². The van der Waals surface area contributed by atoms with Crippen LogP contribution in [0.25, 0.3) is 10.7 Å². The summed E-state index contributed by atoms with van der Waals surface area (Å²) in [5.41, 5.74) is 1.30. The summed E-state index contributed by atoms with van der Waals surface area (Å²) in [6.45, 7) is 0.709. The van der Waals surface area contributed by atoms with Crippen LogP contribution in [0.2, 0.25) is 0 Å². The maximum Gasteiger partial charge on any atom is 0.227 e. The van der Waals surface area contributed by atoms with Crippen LogP contribution < -0.4 is 4.90 Å². The van der Waals surface area contributed by atoms with Crippen molar-refractivity contribution in [3.05, 3.63) is 47.3 Å². The van der Waals surface area contributed by atoms with Crippen molar-refractivity contribution in [1.82, 2.24) is 20.2 Å². The van der Waals surface area contributed by atoms with E-state index >= 15 is 0 Å². The summed E-state index contributed by atoms with van der Waals surface area (Å²) in [6.07, 6.45) is 1.41. The number of hydrogen-bond acceptors (Lipinski definition) is 6. The average molecular weight is 353 g/mol. The lowest BCUT2D eigenvalue weighted by molar-refractivity contribution is -0.117. The molecule has 0 radical (unpaired) electrons. The summed E-state index contributed by atoms with van der Waals surface area (Å²) in [5, 5.41) is 14.1. The molecule has 1 aliphatic heterocycles. The monoisotopic (exact) mass is 353 g/mol. The Morgan fingerprint density at radius 3 is 2.92 bits per heavy atom. The van der Waals surface area contributed by atoms with E-state index in [1.807, 2.05) is 23.6 Å². The molecule has 1 aliphatic rings. The van der Waals surface area contributed by atoms with Crippen LogP contribution in [0.15, 0.2) is 41.8 Å². The van der Waals surface area contributed by atoms with Crippen LogP contribution in [0, 0.1) is 0 Å². The summed E-state index contributed by atoms with van der Waals surface area (Å²) < 4.78 is 0. The number of aromatic nitrogens is 4. The number of thiophene rings is 1. The van der Waals surface area contributed by atoms with Crippen LogP contribution in [0.5, 0.6) is 0 Å². The minimum absolute atomic E-state index is 0.00970. The Morgan fingerprint density at radius 1 is 1.24 bits per heavy atom. The van der Waals surface area contributed by atoms with E-state index in [0.29, 0.717) is 24.4 Å². The molecule has 2 aromatic heterocycles. The maximum atomic E-state index is 12.5. The van der Waals surface area contributed by atoms with Gasteiger partial charge in [-0.25, -0.2) is 0 Å². The summed E-state index contributed by atoms with van der Waals surface area (Å²) in [4.78, 5) is 28.3. The predicted octanol–water partition coefficient (Wildman–Crippen LogP) is 2.41. The van der Waals surface area contributed by atoms with E-state index in [2.05, 4.69) is 15.4 Å². The molecule has 7 nitrogen and oxygen atoms in total. The number of amides is 1. The molecular formula is C17H15N5O2S. The molecular weight excluding hydrogens is 338 g/mol. The van der Waals surface area contributed by atoms with Gasteiger partial charge in [0.25, 0.3) is 0 Å². The van der Waals surface area contributed by atoms with Gasteiger partial charge in [-0.3, -0.25) is 9.59 Å². The number of tetrazole rings is 1. The smallest absolute Gasteiger partial charge is 0.227 e. The van der Waals surface area contributed by atoms with Gasteiger partial charge in [0.1, 0.15) is 6.54 Å². The summed E-state index contributed by atoms with van der Waals surface area (Å²) in [7, 11) is 0. The molecule has 126 valence electrons. The molecule has 0 unspecified atom stereocenters. The van der Waals surface area contributed by atoms with Crippen LogP contribution in [0.1, 0.15) is 23.2 Å². The van der Waals surface area contributed by atoms with E-state index in [4.69, 9.17) is 0 Å². The van der Waals surface area contributed by atoms with Crippen molar-refractivity contribution in [1.29, 1.82) is 0 Å². The highest BCUT2D eigenvalue weighted by Gasteiger charge is 2.22. The largest absolute Gasteiger partial charge is 0.312 e. The number of carbonyl (C=O) groups is 2. The predicted molar refractivity (Wildman–Crippen MR) is 93.5 cm³/mol. The van der Waals surface area contributed by atoms with Crippen molar-refractivity contribution in [2.45, 2.75) is 19.4 Å². The van der Waals surface area contributed by atoms with E-state index in [1.165, 1.54) is 16.1 Å². The molecule has 3 heterocycles. The number of ketones is 1. The first-order chi connectivity index (χ1) is 12.2. The van der Waals surface area contributed by atoms with Crippen LogP contribution >= 0.6 is 11.3 Å². The number of anilines is 1. The van der Waals surface area contributed by atoms with Gasteiger partial charge in [0.05, 0.1) is 4.88 Å². The van der Waals surface area contributed by atoms with Gasteiger partial charge < -0.3 is 4.90 Å². The maximum absolute atomic E-state index is 12.5. The number of nitrogens with zero attached hydrogens (tertiary/aromatic N) is 5. The van der Waals surface area contributed by atoms with Gasteiger partial charge in [-0.05, 0) is 35.2 Å². The van der Waals surface area contributed by atoms with E-state index < -0.39 is 0 Å². The van der Waals surface area contributed by atoms with E-state index in [0.717, 1.165) is 17.0 Å². The second-order valence-electron chi connectivity index (χ2n) is 5.74. The molecule has 0 aliphatic carbocycles. The molecule has 25 heavy (non-hydrogen) atoms. The lowest BCUT2D eigenvalue weighted by atomic mass is 10.1. The Hall–Kier alpha value is -2.87. The van der Waals surface area contributed by atoms with Gasteiger partial charge >= 0.3 is 0 Å². The van der Waals surface area contributed by atoms with Crippen molar-refractivity contribution >= 4 is 28.7 Å². The fourth-order valence-corrected chi connectivity index (χ4v) is 3.45. The Bertz CT molecular complexity index is 919. The SMILES string of the molecule is O=C(Cn1nnc(-c2cccs2)n1)c1cccc(N2CCCC2=O)c1. The zero-order valence-electron chi connectivity index (χ0n) is 13.3. The van der Waals surface area contributed by atoms with Crippen molar-refractivity contribution in [3.63, 3.8) is 0 Å². The third kappa shape index (κ3) is 3.20. The fourth-order valence-electron chi connectivity index (χ4n) is 2.80. The Labute approximate surface area is 147 Å². The Balaban J connectivity index is 1.51. The standard InChI is InChI=1S/C17H15N5O2S/c23-14(11-22-19-17(18-20-22)15-6-3-9-25-15)12-4-1-5-13(10-12)21-8-2-7-16(21)24/h1,3-6,9-10H,2,7-8,11H2.